The molecule has 2 atom stereocenters. The van der Waals surface area contributed by atoms with Crippen molar-refractivity contribution in [2.45, 2.75) is 61.6 Å². The van der Waals surface area contributed by atoms with Crippen LogP contribution >= 0.6 is 23.1 Å². The lowest BCUT2D eigenvalue weighted by Crippen LogP contribution is -2.34. The highest BCUT2D eigenvalue weighted by atomic mass is 32.2. The quantitative estimate of drug-likeness (QED) is 0.853. The van der Waals surface area contributed by atoms with Crippen molar-refractivity contribution < 1.29 is 0 Å². The maximum absolute atomic E-state index is 3.82. The first kappa shape index (κ1) is 12.5. The Bertz CT molecular complexity index is 330. The molecule has 0 saturated carbocycles. The van der Waals surface area contributed by atoms with Gasteiger partial charge >= 0.3 is 0 Å². The van der Waals surface area contributed by atoms with Crippen molar-refractivity contribution in [1.82, 2.24) is 5.32 Å². The topological polar surface area (TPSA) is 12.0 Å². The lowest BCUT2D eigenvalue weighted by Gasteiger charge is -2.30. The van der Waals surface area contributed by atoms with Gasteiger partial charge in [-0.05, 0) is 36.3 Å². The van der Waals surface area contributed by atoms with E-state index in [1.807, 2.05) is 23.1 Å². The molecule has 1 nitrogen and oxygen atoms in total. The molecular weight excluding hydrogens is 234 g/mol. The van der Waals surface area contributed by atoms with Gasteiger partial charge in [0.05, 0.1) is 4.21 Å². The van der Waals surface area contributed by atoms with Gasteiger partial charge in [0.25, 0.3) is 0 Å². The van der Waals surface area contributed by atoms with Crippen LogP contribution in [0.15, 0.2) is 15.7 Å². The van der Waals surface area contributed by atoms with E-state index in [9.17, 15) is 0 Å². The van der Waals surface area contributed by atoms with Gasteiger partial charge in [0.15, 0.2) is 0 Å². The van der Waals surface area contributed by atoms with Crippen molar-refractivity contribution in [2.75, 3.05) is 0 Å². The summed E-state index contributed by atoms with van der Waals surface area (Å²) in [7, 11) is 0. The van der Waals surface area contributed by atoms with Gasteiger partial charge < -0.3 is 5.32 Å². The number of rotatable bonds is 4. The molecule has 1 aliphatic heterocycles. The van der Waals surface area contributed by atoms with Crippen molar-refractivity contribution in [3.05, 3.63) is 17.0 Å². The Morgan fingerprint density at radius 1 is 1.44 bits per heavy atom. The molecule has 1 aliphatic rings. The minimum Gasteiger partial charge on any atom is -0.307 e. The first-order chi connectivity index (χ1) is 7.74. The second-order valence-corrected chi connectivity index (χ2v) is 7.18. The molecule has 1 aromatic heterocycles. The van der Waals surface area contributed by atoms with Crippen LogP contribution in [0.25, 0.3) is 0 Å². The SMILES string of the molecule is CCC(CC)NC1C[C@H](C)Sc2sccc21. The van der Waals surface area contributed by atoms with E-state index in [1.165, 1.54) is 23.5 Å². The molecule has 0 amide bonds. The van der Waals surface area contributed by atoms with Gasteiger partial charge in [-0.1, -0.05) is 20.8 Å². The van der Waals surface area contributed by atoms with Crippen molar-refractivity contribution in [3.8, 4) is 0 Å². The molecule has 3 heteroatoms. The molecule has 0 bridgehead atoms. The van der Waals surface area contributed by atoms with Crippen molar-refractivity contribution in [1.29, 1.82) is 0 Å². The average Bonchev–Trinajstić information content (AvgIpc) is 2.73. The summed E-state index contributed by atoms with van der Waals surface area (Å²) in [5.74, 6) is 0. The van der Waals surface area contributed by atoms with E-state index in [2.05, 4.69) is 37.5 Å². The summed E-state index contributed by atoms with van der Waals surface area (Å²) in [6.45, 7) is 6.89. The lowest BCUT2D eigenvalue weighted by molar-refractivity contribution is 0.393. The summed E-state index contributed by atoms with van der Waals surface area (Å²) in [5.41, 5.74) is 1.54. The Labute approximate surface area is 107 Å². The van der Waals surface area contributed by atoms with Gasteiger partial charge in [-0.25, -0.2) is 0 Å². The smallest absolute Gasteiger partial charge is 0.0649 e. The highest BCUT2D eigenvalue weighted by Crippen LogP contribution is 2.43. The van der Waals surface area contributed by atoms with E-state index in [4.69, 9.17) is 0 Å². The largest absolute Gasteiger partial charge is 0.307 e. The Hall–Kier alpha value is 0.0100. The van der Waals surface area contributed by atoms with Crippen LogP contribution in [0.4, 0.5) is 0 Å². The average molecular weight is 255 g/mol. The molecule has 90 valence electrons. The number of hydrogen-bond acceptors (Lipinski definition) is 3. The maximum Gasteiger partial charge on any atom is 0.0649 e. The molecule has 1 N–H and O–H groups in total. The third-order valence-corrected chi connectivity index (χ3v) is 5.68. The van der Waals surface area contributed by atoms with Crippen LogP contribution in [0.3, 0.4) is 0 Å². The van der Waals surface area contributed by atoms with Crippen LogP contribution in [-0.4, -0.2) is 11.3 Å². The molecule has 0 radical (unpaired) electrons. The Morgan fingerprint density at radius 3 is 2.88 bits per heavy atom. The zero-order valence-corrected chi connectivity index (χ0v) is 12.0. The molecule has 0 aromatic carbocycles. The number of thioether (sulfide) groups is 1. The number of fused-ring (bicyclic) bond motifs is 1. The number of hydrogen-bond donors (Lipinski definition) is 1. The Balaban J connectivity index is 2.11. The van der Waals surface area contributed by atoms with Gasteiger partial charge in [-0.15, -0.1) is 23.1 Å². The van der Waals surface area contributed by atoms with Crippen LogP contribution < -0.4 is 5.32 Å². The second-order valence-electron chi connectivity index (χ2n) is 4.56. The lowest BCUT2D eigenvalue weighted by atomic mass is 10.0. The first-order valence-corrected chi connectivity index (χ1v) is 8.00. The molecule has 0 spiro atoms. The third kappa shape index (κ3) is 2.63. The third-order valence-electron chi connectivity index (χ3n) is 3.33. The summed E-state index contributed by atoms with van der Waals surface area (Å²) in [6, 6.07) is 3.56. The second kappa shape index (κ2) is 5.56. The summed E-state index contributed by atoms with van der Waals surface area (Å²) < 4.78 is 1.53. The molecule has 0 saturated heterocycles. The van der Waals surface area contributed by atoms with Gasteiger partial charge in [0, 0.05) is 17.3 Å². The van der Waals surface area contributed by atoms with Crippen molar-refractivity contribution in [2.24, 2.45) is 0 Å². The van der Waals surface area contributed by atoms with E-state index in [0.29, 0.717) is 12.1 Å². The number of thiophene rings is 1. The molecule has 16 heavy (non-hydrogen) atoms. The van der Waals surface area contributed by atoms with E-state index >= 15 is 0 Å². The highest BCUT2D eigenvalue weighted by Gasteiger charge is 2.27. The normalized spacial score (nSPS) is 24.8. The van der Waals surface area contributed by atoms with Crippen molar-refractivity contribution in [3.63, 3.8) is 0 Å². The van der Waals surface area contributed by atoms with Crippen LogP contribution in [0.1, 0.15) is 51.6 Å². The summed E-state index contributed by atoms with van der Waals surface area (Å²) in [6.07, 6.45) is 3.73. The predicted octanol–water partition coefficient (Wildman–Crippen LogP) is 4.45. The summed E-state index contributed by atoms with van der Waals surface area (Å²) in [4.78, 5) is 0. The minimum absolute atomic E-state index is 0.586. The fraction of sp³-hybridized carbons (Fsp3) is 0.692. The van der Waals surface area contributed by atoms with Gasteiger partial charge in [0.2, 0.25) is 0 Å². The monoisotopic (exact) mass is 255 g/mol. The molecule has 1 aromatic rings. The van der Waals surface area contributed by atoms with Gasteiger partial charge in [0.1, 0.15) is 0 Å². The van der Waals surface area contributed by atoms with Gasteiger partial charge in [-0.3, -0.25) is 0 Å². The molecule has 2 heterocycles. The standard InChI is InChI=1S/C13H21NS2/c1-4-10(5-2)14-12-8-9(3)16-13-11(12)6-7-15-13/h6-7,9-10,12,14H,4-5,8H2,1-3H3/t9-,12?/m0/s1. The molecular formula is C13H21NS2. The van der Waals surface area contributed by atoms with Gasteiger partial charge in [-0.2, -0.15) is 0 Å². The predicted molar refractivity (Wildman–Crippen MR) is 74.5 cm³/mol. The zero-order chi connectivity index (χ0) is 11.5. The zero-order valence-electron chi connectivity index (χ0n) is 10.3. The fourth-order valence-electron chi connectivity index (χ4n) is 2.32. The Morgan fingerprint density at radius 2 is 2.19 bits per heavy atom. The van der Waals surface area contributed by atoms with E-state index in [-0.39, 0.29) is 0 Å². The Kier molecular flexibility index (Phi) is 4.34. The van der Waals surface area contributed by atoms with E-state index < -0.39 is 0 Å². The molecule has 0 aliphatic carbocycles. The summed E-state index contributed by atoms with van der Waals surface area (Å²) in [5, 5.41) is 6.80. The minimum atomic E-state index is 0.586. The molecule has 0 fully saturated rings. The molecule has 1 unspecified atom stereocenters. The van der Waals surface area contributed by atoms with Crippen molar-refractivity contribution >= 4 is 23.1 Å². The van der Waals surface area contributed by atoms with Crippen LogP contribution in [-0.2, 0) is 0 Å². The maximum atomic E-state index is 3.82. The van der Waals surface area contributed by atoms with Crippen LogP contribution in [0.5, 0.6) is 0 Å². The first-order valence-electron chi connectivity index (χ1n) is 6.24. The van der Waals surface area contributed by atoms with Crippen LogP contribution in [0.2, 0.25) is 0 Å². The van der Waals surface area contributed by atoms with E-state index in [1.54, 1.807) is 5.56 Å². The van der Waals surface area contributed by atoms with Crippen LogP contribution in [0, 0.1) is 0 Å². The fourth-order valence-corrected chi connectivity index (χ4v) is 4.88. The molecule has 2 rings (SSSR count). The highest BCUT2D eigenvalue weighted by molar-refractivity contribution is 8.01. The summed E-state index contributed by atoms with van der Waals surface area (Å²) >= 11 is 3.94. The van der Waals surface area contributed by atoms with E-state index in [0.717, 1.165) is 5.25 Å². The number of nitrogens with one attached hydrogen (secondary N) is 1.